The highest BCUT2D eigenvalue weighted by molar-refractivity contribution is 7.85. The molecule has 0 aliphatic rings. The van der Waals surface area contributed by atoms with Crippen LogP contribution in [-0.4, -0.2) is 21.8 Å². The Labute approximate surface area is 107 Å². The summed E-state index contributed by atoms with van der Waals surface area (Å²) in [4.78, 5) is 0. The van der Waals surface area contributed by atoms with Crippen molar-refractivity contribution < 1.29 is 4.21 Å². The van der Waals surface area contributed by atoms with Crippen LogP contribution in [0.2, 0.25) is 0 Å². The largest absolute Gasteiger partial charge is 0.309 e. The van der Waals surface area contributed by atoms with Crippen LogP contribution >= 0.6 is 0 Å². The maximum absolute atomic E-state index is 12.0. The van der Waals surface area contributed by atoms with Crippen LogP contribution in [0, 0.1) is 0 Å². The first-order chi connectivity index (χ1) is 8.15. The van der Waals surface area contributed by atoms with Crippen molar-refractivity contribution in [1.82, 2.24) is 5.32 Å². The Morgan fingerprint density at radius 3 is 2.41 bits per heavy atom. The van der Waals surface area contributed by atoms with E-state index in [9.17, 15) is 4.21 Å². The molecule has 0 aromatic heterocycles. The van der Waals surface area contributed by atoms with Crippen molar-refractivity contribution in [3.63, 3.8) is 0 Å². The molecule has 1 N–H and O–H groups in total. The average Bonchev–Trinajstić information content (AvgIpc) is 2.35. The third-order valence-electron chi connectivity index (χ3n) is 2.70. The van der Waals surface area contributed by atoms with Gasteiger partial charge in [-0.3, -0.25) is 4.21 Å². The molecule has 96 valence electrons. The number of rotatable bonds is 7. The normalized spacial score (nSPS) is 14.8. The lowest BCUT2D eigenvalue weighted by Crippen LogP contribution is -2.28. The fourth-order valence-corrected chi connectivity index (χ4v) is 2.66. The zero-order valence-corrected chi connectivity index (χ0v) is 11.8. The molecule has 3 heteroatoms. The number of hydrogen-bond acceptors (Lipinski definition) is 2. The Kier molecular flexibility index (Phi) is 6.45. The Morgan fingerprint density at radius 2 is 1.88 bits per heavy atom. The number of nitrogens with one attached hydrogen (secondary N) is 1. The van der Waals surface area contributed by atoms with Gasteiger partial charge >= 0.3 is 0 Å². The highest BCUT2D eigenvalue weighted by atomic mass is 32.2. The third-order valence-corrected chi connectivity index (χ3v) is 4.41. The molecular formula is C14H23NOS. The van der Waals surface area contributed by atoms with Gasteiger partial charge in [0.2, 0.25) is 0 Å². The first kappa shape index (κ1) is 14.4. The maximum Gasteiger partial charge on any atom is 0.0436 e. The molecule has 0 saturated carbocycles. The molecule has 0 heterocycles. The van der Waals surface area contributed by atoms with E-state index in [1.807, 2.05) is 32.0 Å². The van der Waals surface area contributed by atoms with Crippen LogP contribution in [0.25, 0.3) is 0 Å². The van der Waals surface area contributed by atoms with Crippen LogP contribution in [-0.2, 0) is 10.8 Å². The highest BCUT2D eigenvalue weighted by Crippen LogP contribution is 2.15. The standard InChI is InChI=1S/C14H23NOS/c1-4-10-15-14(11-17(16)12(2)3)13-8-6-5-7-9-13/h5-9,12,14-15H,4,10-11H2,1-3H3. The second kappa shape index (κ2) is 7.62. The van der Waals surface area contributed by atoms with Crippen molar-refractivity contribution >= 4 is 10.8 Å². The summed E-state index contributed by atoms with van der Waals surface area (Å²) >= 11 is 0. The van der Waals surface area contributed by atoms with E-state index in [2.05, 4.69) is 24.4 Å². The van der Waals surface area contributed by atoms with Crippen molar-refractivity contribution in [3.8, 4) is 0 Å². The molecule has 0 saturated heterocycles. The van der Waals surface area contributed by atoms with Crippen LogP contribution in [0.4, 0.5) is 0 Å². The van der Waals surface area contributed by atoms with Gasteiger partial charge in [0.25, 0.3) is 0 Å². The lowest BCUT2D eigenvalue weighted by atomic mass is 10.1. The predicted molar refractivity (Wildman–Crippen MR) is 75.6 cm³/mol. The molecule has 1 aromatic rings. The van der Waals surface area contributed by atoms with Gasteiger partial charge in [0.15, 0.2) is 0 Å². The topological polar surface area (TPSA) is 29.1 Å². The fourth-order valence-electron chi connectivity index (χ4n) is 1.63. The summed E-state index contributed by atoms with van der Waals surface area (Å²) in [5.74, 6) is 0.696. The fraction of sp³-hybridized carbons (Fsp3) is 0.571. The van der Waals surface area contributed by atoms with E-state index in [0.29, 0.717) is 5.75 Å². The van der Waals surface area contributed by atoms with Gasteiger partial charge in [0, 0.05) is 27.8 Å². The number of benzene rings is 1. The molecule has 1 aromatic carbocycles. The minimum absolute atomic E-state index is 0.208. The van der Waals surface area contributed by atoms with E-state index in [1.165, 1.54) is 5.56 Å². The van der Waals surface area contributed by atoms with Crippen LogP contribution in [0.15, 0.2) is 30.3 Å². The second-order valence-electron chi connectivity index (χ2n) is 4.51. The summed E-state index contributed by atoms with van der Waals surface area (Å²) in [5.41, 5.74) is 1.23. The minimum Gasteiger partial charge on any atom is -0.309 e. The van der Waals surface area contributed by atoms with Crippen LogP contribution in [0.1, 0.15) is 38.8 Å². The minimum atomic E-state index is -0.768. The molecule has 1 rings (SSSR count). The Bertz CT molecular complexity index is 337. The molecule has 2 atom stereocenters. The van der Waals surface area contributed by atoms with E-state index in [1.54, 1.807) is 0 Å². The van der Waals surface area contributed by atoms with E-state index in [0.717, 1.165) is 13.0 Å². The maximum atomic E-state index is 12.0. The second-order valence-corrected chi connectivity index (χ2v) is 6.55. The summed E-state index contributed by atoms with van der Waals surface area (Å²) in [6.45, 7) is 7.14. The molecular weight excluding hydrogens is 230 g/mol. The van der Waals surface area contributed by atoms with E-state index >= 15 is 0 Å². The highest BCUT2D eigenvalue weighted by Gasteiger charge is 2.15. The first-order valence-corrected chi connectivity index (χ1v) is 7.68. The van der Waals surface area contributed by atoms with Crippen LogP contribution in [0.5, 0.6) is 0 Å². The molecule has 2 unspecified atom stereocenters. The van der Waals surface area contributed by atoms with Gasteiger partial charge in [0.1, 0.15) is 0 Å². The summed E-state index contributed by atoms with van der Waals surface area (Å²) in [7, 11) is -0.768. The molecule has 0 bridgehead atoms. The lowest BCUT2D eigenvalue weighted by molar-refractivity contribution is 0.568. The summed E-state index contributed by atoms with van der Waals surface area (Å²) in [5, 5.41) is 3.70. The van der Waals surface area contributed by atoms with E-state index in [-0.39, 0.29) is 11.3 Å². The predicted octanol–water partition coefficient (Wildman–Crippen LogP) is 2.88. The summed E-state index contributed by atoms with van der Waals surface area (Å²) in [6, 6.07) is 10.5. The quantitative estimate of drug-likeness (QED) is 0.809. The van der Waals surface area contributed by atoms with Crippen molar-refractivity contribution in [2.45, 2.75) is 38.5 Å². The van der Waals surface area contributed by atoms with E-state index in [4.69, 9.17) is 0 Å². The molecule has 0 spiro atoms. The molecule has 0 amide bonds. The molecule has 0 radical (unpaired) electrons. The van der Waals surface area contributed by atoms with Gasteiger partial charge in [-0.1, -0.05) is 51.1 Å². The van der Waals surface area contributed by atoms with Crippen molar-refractivity contribution in [2.24, 2.45) is 0 Å². The van der Waals surface area contributed by atoms with Crippen molar-refractivity contribution in [3.05, 3.63) is 35.9 Å². The van der Waals surface area contributed by atoms with Crippen LogP contribution in [0.3, 0.4) is 0 Å². The van der Waals surface area contributed by atoms with E-state index < -0.39 is 10.8 Å². The van der Waals surface area contributed by atoms with Gasteiger partial charge in [-0.2, -0.15) is 0 Å². The van der Waals surface area contributed by atoms with Crippen molar-refractivity contribution in [2.75, 3.05) is 12.3 Å². The third kappa shape index (κ3) is 5.00. The Morgan fingerprint density at radius 1 is 1.24 bits per heavy atom. The molecule has 0 aliphatic carbocycles. The molecule has 17 heavy (non-hydrogen) atoms. The van der Waals surface area contributed by atoms with Gasteiger partial charge in [-0.15, -0.1) is 0 Å². The average molecular weight is 253 g/mol. The number of hydrogen-bond donors (Lipinski definition) is 1. The monoisotopic (exact) mass is 253 g/mol. The van der Waals surface area contributed by atoms with Gasteiger partial charge in [-0.25, -0.2) is 0 Å². The molecule has 2 nitrogen and oxygen atoms in total. The summed E-state index contributed by atoms with van der Waals surface area (Å²) in [6.07, 6.45) is 1.09. The SMILES string of the molecule is CCCNC(CS(=O)C(C)C)c1ccccc1. The van der Waals surface area contributed by atoms with Gasteiger partial charge < -0.3 is 5.32 Å². The lowest BCUT2D eigenvalue weighted by Gasteiger charge is -2.19. The molecule has 0 aliphatic heterocycles. The first-order valence-electron chi connectivity index (χ1n) is 6.30. The zero-order valence-electron chi connectivity index (χ0n) is 11.0. The Hall–Kier alpha value is -0.670. The van der Waals surface area contributed by atoms with Crippen LogP contribution < -0.4 is 5.32 Å². The molecule has 0 fully saturated rings. The Balaban J connectivity index is 2.70. The van der Waals surface area contributed by atoms with Gasteiger partial charge in [0.05, 0.1) is 0 Å². The van der Waals surface area contributed by atoms with Gasteiger partial charge in [-0.05, 0) is 18.5 Å². The van der Waals surface area contributed by atoms with Crippen molar-refractivity contribution in [1.29, 1.82) is 0 Å². The zero-order chi connectivity index (χ0) is 12.7. The summed E-state index contributed by atoms with van der Waals surface area (Å²) < 4.78 is 12.0. The smallest absolute Gasteiger partial charge is 0.0436 e.